The predicted octanol–water partition coefficient (Wildman–Crippen LogP) is 3.88. The number of carbonyl (C=O) groups excluding carboxylic acids is 1. The minimum absolute atomic E-state index is 0.127. The van der Waals surface area contributed by atoms with Gasteiger partial charge in [0.25, 0.3) is 0 Å². The van der Waals surface area contributed by atoms with Crippen LogP contribution in [0.3, 0.4) is 0 Å². The number of nitrogens with one attached hydrogen (secondary N) is 1. The summed E-state index contributed by atoms with van der Waals surface area (Å²) in [7, 11) is 0. The first-order chi connectivity index (χ1) is 11.7. The van der Waals surface area contributed by atoms with Crippen LogP contribution in [0.2, 0.25) is 0 Å². The number of aliphatic hydroxyl groups is 1. The molecule has 24 heavy (non-hydrogen) atoms. The molecule has 1 atom stereocenters. The van der Waals surface area contributed by atoms with Gasteiger partial charge in [0, 0.05) is 16.5 Å². The van der Waals surface area contributed by atoms with E-state index in [1.54, 1.807) is 6.08 Å². The van der Waals surface area contributed by atoms with Crippen molar-refractivity contribution >= 4 is 34.7 Å². The van der Waals surface area contributed by atoms with Crippen molar-refractivity contribution < 1.29 is 9.90 Å². The van der Waals surface area contributed by atoms with Crippen molar-refractivity contribution in [3.8, 4) is 0 Å². The highest BCUT2D eigenvalue weighted by Gasteiger charge is 2.33. The molecule has 1 unspecified atom stereocenters. The lowest BCUT2D eigenvalue weighted by Crippen LogP contribution is -2.40. The molecule has 122 valence electrons. The molecule has 2 N–H and O–H groups in total. The predicted molar refractivity (Wildman–Crippen MR) is 100 cm³/mol. The van der Waals surface area contributed by atoms with Crippen molar-refractivity contribution in [3.63, 3.8) is 0 Å². The summed E-state index contributed by atoms with van der Waals surface area (Å²) in [5.74, 6) is -0.232. The van der Waals surface area contributed by atoms with Crippen LogP contribution in [-0.2, 0) is 10.4 Å². The first-order valence-electron chi connectivity index (χ1n) is 7.48. The van der Waals surface area contributed by atoms with Crippen LogP contribution < -0.4 is 5.32 Å². The highest BCUT2D eigenvalue weighted by atomic mass is 32.1. The Hall–Kier alpha value is -2.21. The molecular weight excluding hydrogens is 338 g/mol. The van der Waals surface area contributed by atoms with Gasteiger partial charge in [-0.2, -0.15) is 11.3 Å². The molecule has 2 aromatic heterocycles. The van der Waals surface area contributed by atoms with Gasteiger partial charge in [-0.15, -0.1) is 11.3 Å². The van der Waals surface area contributed by atoms with Gasteiger partial charge in [-0.1, -0.05) is 36.4 Å². The topological polar surface area (TPSA) is 49.3 Å². The van der Waals surface area contributed by atoms with E-state index in [1.807, 2.05) is 64.7 Å². The lowest BCUT2D eigenvalue weighted by molar-refractivity contribution is -0.117. The maximum Gasteiger partial charge on any atom is 0.244 e. The summed E-state index contributed by atoms with van der Waals surface area (Å²) in [6, 6.07) is 15.3. The summed E-state index contributed by atoms with van der Waals surface area (Å²) >= 11 is 3.00. The second kappa shape index (κ2) is 7.57. The van der Waals surface area contributed by atoms with E-state index < -0.39 is 5.60 Å². The van der Waals surface area contributed by atoms with Crippen molar-refractivity contribution in [2.24, 2.45) is 0 Å². The summed E-state index contributed by atoms with van der Waals surface area (Å²) in [5.41, 5.74) is 0.547. The van der Waals surface area contributed by atoms with Crippen LogP contribution in [0.5, 0.6) is 0 Å². The Bertz CT molecular complexity index is 759. The number of rotatable bonds is 6. The fourth-order valence-corrected chi connectivity index (χ4v) is 3.92. The molecule has 0 bridgehead atoms. The van der Waals surface area contributed by atoms with Gasteiger partial charge in [0.1, 0.15) is 5.60 Å². The molecule has 3 aromatic rings. The number of carbonyl (C=O) groups is 1. The van der Waals surface area contributed by atoms with Crippen LogP contribution >= 0.6 is 22.7 Å². The summed E-state index contributed by atoms with van der Waals surface area (Å²) in [4.78, 5) is 12.9. The molecule has 3 nitrogen and oxygen atoms in total. The minimum Gasteiger partial charge on any atom is -0.378 e. The highest BCUT2D eigenvalue weighted by Crippen LogP contribution is 2.33. The van der Waals surface area contributed by atoms with Crippen LogP contribution in [0.25, 0.3) is 6.08 Å². The van der Waals surface area contributed by atoms with Crippen molar-refractivity contribution in [1.29, 1.82) is 0 Å². The average molecular weight is 355 g/mol. The first-order valence-corrected chi connectivity index (χ1v) is 9.31. The van der Waals surface area contributed by atoms with Crippen molar-refractivity contribution in [3.05, 3.63) is 86.8 Å². The maximum atomic E-state index is 12.1. The molecule has 0 saturated carbocycles. The molecule has 0 aliphatic carbocycles. The second-order valence-corrected chi connectivity index (χ2v) is 7.04. The zero-order valence-corrected chi connectivity index (χ0v) is 14.5. The maximum absolute atomic E-state index is 12.1. The fraction of sp³-hybridized carbons (Fsp3) is 0.105. The summed E-state index contributed by atoms with van der Waals surface area (Å²) in [6.07, 6.45) is 3.24. The molecule has 0 saturated heterocycles. The second-order valence-electron chi connectivity index (χ2n) is 5.31. The van der Waals surface area contributed by atoms with E-state index in [9.17, 15) is 9.90 Å². The zero-order chi connectivity index (χ0) is 16.8. The van der Waals surface area contributed by atoms with Gasteiger partial charge in [0.2, 0.25) is 5.91 Å². The third-order valence-electron chi connectivity index (χ3n) is 3.67. The summed E-state index contributed by atoms with van der Waals surface area (Å²) in [6.45, 7) is 0.127. The normalized spacial score (nSPS) is 13.7. The smallest absolute Gasteiger partial charge is 0.244 e. The van der Waals surface area contributed by atoms with E-state index in [0.29, 0.717) is 0 Å². The lowest BCUT2D eigenvalue weighted by Gasteiger charge is -2.26. The van der Waals surface area contributed by atoms with E-state index >= 15 is 0 Å². The Kier molecular flexibility index (Phi) is 5.25. The number of amides is 1. The number of hydrogen-bond donors (Lipinski definition) is 2. The van der Waals surface area contributed by atoms with Gasteiger partial charge >= 0.3 is 0 Å². The van der Waals surface area contributed by atoms with Crippen LogP contribution in [0.4, 0.5) is 0 Å². The Morgan fingerprint density at radius 1 is 1.12 bits per heavy atom. The Labute approximate surface area is 148 Å². The van der Waals surface area contributed by atoms with Crippen LogP contribution in [0, 0.1) is 0 Å². The van der Waals surface area contributed by atoms with Gasteiger partial charge < -0.3 is 10.4 Å². The van der Waals surface area contributed by atoms with Gasteiger partial charge in [0.15, 0.2) is 0 Å². The van der Waals surface area contributed by atoms with Crippen LogP contribution in [0.15, 0.2) is 70.7 Å². The average Bonchev–Trinajstić information content (AvgIpc) is 3.32. The van der Waals surface area contributed by atoms with E-state index in [1.165, 1.54) is 28.7 Å². The molecule has 0 fully saturated rings. The SMILES string of the molecule is O=C(/C=C/c1ccccc1)NCC(O)(c1ccsc1)c1cccs1. The zero-order valence-electron chi connectivity index (χ0n) is 12.9. The molecule has 1 aromatic carbocycles. The number of hydrogen-bond acceptors (Lipinski definition) is 4. The molecule has 0 spiro atoms. The van der Waals surface area contributed by atoms with Gasteiger partial charge in [-0.3, -0.25) is 4.79 Å². The quantitative estimate of drug-likeness (QED) is 0.660. The molecule has 0 radical (unpaired) electrons. The van der Waals surface area contributed by atoms with Gasteiger partial charge in [-0.25, -0.2) is 0 Å². The third kappa shape index (κ3) is 3.82. The van der Waals surface area contributed by atoms with Crippen molar-refractivity contribution in [2.45, 2.75) is 5.60 Å². The monoisotopic (exact) mass is 355 g/mol. The molecular formula is C19H17NO2S2. The van der Waals surface area contributed by atoms with Crippen LogP contribution in [0.1, 0.15) is 16.0 Å². The molecule has 0 aliphatic heterocycles. The highest BCUT2D eigenvalue weighted by molar-refractivity contribution is 7.10. The summed E-state index contributed by atoms with van der Waals surface area (Å²) < 4.78 is 0. The van der Waals surface area contributed by atoms with Gasteiger partial charge in [0.05, 0.1) is 6.54 Å². The molecule has 3 rings (SSSR count). The Balaban J connectivity index is 1.71. The Morgan fingerprint density at radius 2 is 1.96 bits per heavy atom. The van der Waals surface area contributed by atoms with Crippen LogP contribution in [-0.4, -0.2) is 17.6 Å². The number of benzene rings is 1. The lowest BCUT2D eigenvalue weighted by atomic mass is 9.94. The van der Waals surface area contributed by atoms with E-state index in [2.05, 4.69) is 5.32 Å². The standard InChI is InChI=1S/C19H17NO2S2/c21-18(9-8-15-5-2-1-3-6-15)20-14-19(22,16-10-12-23-13-16)17-7-4-11-24-17/h1-13,22H,14H2,(H,20,21)/b9-8+. The number of thiophene rings is 2. The van der Waals surface area contributed by atoms with E-state index in [-0.39, 0.29) is 12.5 Å². The van der Waals surface area contributed by atoms with Crippen molar-refractivity contribution in [2.75, 3.05) is 6.54 Å². The molecule has 5 heteroatoms. The van der Waals surface area contributed by atoms with Gasteiger partial charge in [-0.05, 0) is 39.9 Å². The summed E-state index contributed by atoms with van der Waals surface area (Å²) in [5, 5.41) is 19.7. The molecule has 1 amide bonds. The fourth-order valence-electron chi connectivity index (χ4n) is 2.36. The molecule has 0 aliphatic rings. The largest absolute Gasteiger partial charge is 0.378 e. The van der Waals surface area contributed by atoms with E-state index in [0.717, 1.165) is 16.0 Å². The Morgan fingerprint density at radius 3 is 2.62 bits per heavy atom. The first kappa shape index (κ1) is 16.6. The molecule has 2 heterocycles. The van der Waals surface area contributed by atoms with Crippen molar-refractivity contribution in [1.82, 2.24) is 5.32 Å². The van der Waals surface area contributed by atoms with E-state index in [4.69, 9.17) is 0 Å². The third-order valence-corrected chi connectivity index (χ3v) is 5.38. The minimum atomic E-state index is -1.20.